The third kappa shape index (κ3) is 2.95. The molecule has 1 aliphatic heterocycles. The molecule has 1 saturated heterocycles. The van der Waals surface area contributed by atoms with Gasteiger partial charge in [-0.2, -0.15) is 15.0 Å². The normalized spacial score (nSPS) is 20.4. The molecule has 1 aliphatic rings. The average Bonchev–Trinajstić information content (AvgIpc) is 2.38. The van der Waals surface area contributed by atoms with Gasteiger partial charge >= 0.3 is 6.01 Å². The van der Waals surface area contributed by atoms with Gasteiger partial charge in [0.1, 0.15) is 0 Å². The molecule has 0 spiro atoms. The largest absolute Gasteiger partial charge is 0.467 e. The number of piperidine rings is 1. The first-order valence-corrected chi connectivity index (χ1v) is 5.84. The van der Waals surface area contributed by atoms with Gasteiger partial charge in [0.25, 0.3) is 0 Å². The van der Waals surface area contributed by atoms with Crippen LogP contribution in [0.3, 0.4) is 0 Å². The van der Waals surface area contributed by atoms with Crippen molar-refractivity contribution in [2.24, 2.45) is 0 Å². The molecule has 2 heterocycles. The van der Waals surface area contributed by atoms with Crippen LogP contribution in [0.15, 0.2) is 0 Å². The average molecular weight is 259 g/mol. The highest BCUT2D eigenvalue weighted by molar-refractivity contribution is 6.28. The molecule has 0 aliphatic carbocycles. The lowest BCUT2D eigenvalue weighted by molar-refractivity contribution is 0.0888. The summed E-state index contributed by atoms with van der Waals surface area (Å²) in [6.45, 7) is 1.66. The van der Waals surface area contributed by atoms with E-state index in [1.54, 1.807) is 7.11 Å². The van der Waals surface area contributed by atoms with Crippen molar-refractivity contribution in [2.75, 3.05) is 32.2 Å². The smallest absolute Gasteiger partial charge is 0.322 e. The van der Waals surface area contributed by atoms with Crippen molar-refractivity contribution in [2.45, 2.75) is 18.9 Å². The van der Waals surface area contributed by atoms with Gasteiger partial charge in [0, 0.05) is 20.2 Å². The Labute approximate surface area is 105 Å². The van der Waals surface area contributed by atoms with Crippen LogP contribution in [-0.4, -0.2) is 48.4 Å². The lowest BCUT2D eigenvalue weighted by Crippen LogP contribution is -2.40. The van der Waals surface area contributed by atoms with Crippen LogP contribution in [0.4, 0.5) is 5.95 Å². The van der Waals surface area contributed by atoms with Crippen LogP contribution in [0.1, 0.15) is 12.8 Å². The Morgan fingerprint density at radius 2 is 2.12 bits per heavy atom. The number of ether oxygens (including phenoxy) is 2. The molecule has 0 amide bonds. The summed E-state index contributed by atoms with van der Waals surface area (Å²) in [7, 11) is 3.22. The fourth-order valence-corrected chi connectivity index (χ4v) is 2.01. The molecule has 0 saturated carbocycles. The van der Waals surface area contributed by atoms with Gasteiger partial charge in [-0.05, 0) is 24.4 Å². The van der Waals surface area contributed by atoms with Gasteiger partial charge in [0.2, 0.25) is 11.2 Å². The van der Waals surface area contributed by atoms with E-state index in [0.29, 0.717) is 5.95 Å². The first kappa shape index (κ1) is 12.3. The summed E-state index contributed by atoms with van der Waals surface area (Å²) in [6.07, 6.45) is 2.32. The van der Waals surface area contributed by atoms with E-state index in [0.717, 1.165) is 25.9 Å². The van der Waals surface area contributed by atoms with E-state index < -0.39 is 0 Å². The maximum Gasteiger partial charge on any atom is 0.322 e. The van der Waals surface area contributed by atoms with Crippen LogP contribution in [-0.2, 0) is 4.74 Å². The van der Waals surface area contributed by atoms with Gasteiger partial charge in [-0.3, -0.25) is 0 Å². The van der Waals surface area contributed by atoms with Crippen LogP contribution in [0, 0.1) is 0 Å². The molecule has 94 valence electrons. The number of aromatic nitrogens is 3. The maximum atomic E-state index is 5.82. The highest BCUT2D eigenvalue weighted by Crippen LogP contribution is 2.20. The van der Waals surface area contributed by atoms with Crippen LogP contribution in [0.25, 0.3) is 0 Å². The first-order valence-electron chi connectivity index (χ1n) is 5.46. The minimum Gasteiger partial charge on any atom is -0.467 e. The standard InChI is InChI=1S/C10H15ClN4O2/c1-16-7-4-3-5-15(6-7)9-12-8(11)13-10(14-9)17-2/h7H,3-6H2,1-2H3. The molecule has 0 bridgehead atoms. The Hall–Kier alpha value is -1.14. The van der Waals surface area contributed by atoms with Gasteiger partial charge in [-0.1, -0.05) is 0 Å². The van der Waals surface area contributed by atoms with Crippen LogP contribution < -0.4 is 9.64 Å². The number of methoxy groups -OCH3 is 2. The molecule has 17 heavy (non-hydrogen) atoms. The molecule has 2 rings (SSSR count). The molecule has 0 N–H and O–H groups in total. The molecule has 0 radical (unpaired) electrons. The molecule has 0 aromatic carbocycles. The van der Waals surface area contributed by atoms with Gasteiger partial charge in [-0.25, -0.2) is 0 Å². The van der Waals surface area contributed by atoms with Gasteiger partial charge in [0.15, 0.2) is 0 Å². The van der Waals surface area contributed by atoms with Crippen LogP contribution in [0.2, 0.25) is 5.28 Å². The van der Waals surface area contributed by atoms with Crippen molar-refractivity contribution in [3.05, 3.63) is 5.28 Å². The Bertz CT molecular complexity index is 391. The lowest BCUT2D eigenvalue weighted by Gasteiger charge is -2.31. The minimum absolute atomic E-state index is 0.145. The Kier molecular flexibility index (Phi) is 3.96. The quantitative estimate of drug-likeness (QED) is 0.811. The molecular weight excluding hydrogens is 244 g/mol. The molecule has 1 aromatic rings. The van der Waals surface area contributed by atoms with Crippen molar-refractivity contribution < 1.29 is 9.47 Å². The minimum atomic E-state index is 0.145. The van der Waals surface area contributed by atoms with Crippen molar-refractivity contribution >= 4 is 17.5 Å². The third-order valence-corrected chi connectivity index (χ3v) is 2.92. The van der Waals surface area contributed by atoms with Crippen molar-refractivity contribution in [1.82, 2.24) is 15.0 Å². The molecule has 1 fully saturated rings. The van der Waals surface area contributed by atoms with E-state index in [9.17, 15) is 0 Å². The second-order valence-corrected chi connectivity index (χ2v) is 4.18. The number of rotatable bonds is 3. The zero-order chi connectivity index (χ0) is 12.3. The molecule has 7 heteroatoms. The van der Waals surface area contributed by atoms with E-state index >= 15 is 0 Å². The fourth-order valence-electron chi connectivity index (χ4n) is 1.87. The van der Waals surface area contributed by atoms with Crippen molar-refractivity contribution in [3.63, 3.8) is 0 Å². The predicted octanol–water partition coefficient (Wildman–Crippen LogP) is 1.15. The number of hydrogen-bond acceptors (Lipinski definition) is 6. The van der Waals surface area contributed by atoms with Crippen LogP contribution >= 0.6 is 11.6 Å². The highest BCUT2D eigenvalue weighted by Gasteiger charge is 2.22. The predicted molar refractivity (Wildman–Crippen MR) is 63.6 cm³/mol. The second-order valence-electron chi connectivity index (χ2n) is 3.84. The number of nitrogens with zero attached hydrogens (tertiary/aromatic N) is 4. The summed E-state index contributed by atoms with van der Waals surface area (Å²) >= 11 is 5.82. The summed E-state index contributed by atoms with van der Waals surface area (Å²) < 4.78 is 10.3. The van der Waals surface area contributed by atoms with Crippen LogP contribution in [0.5, 0.6) is 6.01 Å². The van der Waals surface area contributed by atoms with E-state index in [1.807, 2.05) is 4.90 Å². The molecule has 1 atom stereocenters. The zero-order valence-corrected chi connectivity index (χ0v) is 10.6. The van der Waals surface area contributed by atoms with E-state index in [1.165, 1.54) is 7.11 Å². The van der Waals surface area contributed by atoms with Crippen molar-refractivity contribution in [1.29, 1.82) is 0 Å². The number of hydrogen-bond donors (Lipinski definition) is 0. The van der Waals surface area contributed by atoms with E-state index in [2.05, 4.69) is 15.0 Å². The topological polar surface area (TPSA) is 60.4 Å². The van der Waals surface area contributed by atoms with Gasteiger partial charge < -0.3 is 14.4 Å². The van der Waals surface area contributed by atoms with Crippen molar-refractivity contribution in [3.8, 4) is 6.01 Å². The SMILES string of the molecule is COc1nc(Cl)nc(N2CCCC(OC)C2)n1. The Morgan fingerprint density at radius 1 is 1.29 bits per heavy atom. The Balaban J connectivity index is 2.18. The fraction of sp³-hybridized carbons (Fsp3) is 0.700. The number of anilines is 1. The summed E-state index contributed by atoms with van der Waals surface area (Å²) in [5.74, 6) is 0.545. The molecular formula is C10H15ClN4O2. The third-order valence-electron chi connectivity index (χ3n) is 2.75. The summed E-state index contributed by atoms with van der Waals surface area (Å²) in [4.78, 5) is 14.2. The summed E-state index contributed by atoms with van der Waals surface area (Å²) in [5, 5.41) is 0.145. The number of halogens is 1. The summed E-state index contributed by atoms with van der Waals surface area (Å²) in [5.41, 5.74) is 0. The first-order chi connectivity index (χ1) is 8.22. The van der Waals surface area contributed by atoms with E-state index in [-0.39, 0.29) is 17.4 Å². The molecule has 1 aromatic heterocycles. The monoisotopic (exact) mass is 258 g/mol. The van der Waals surface area contributed by atoms with E-state index in [4.69, 9.17) is 21.1 Å². The zero-order valence-electron chi connectivity index (χ0n) is 9.89. The highest BCUT2D eigenvalue weighted by atomic mass is 35.5. The Morgan fingerprint density at radius 3 is 2.82 bits per heavy atom. The van der Waals surface area contributed by atoms with Gasteiger partial charge in [0.05, 0.1) is 13.2 Å². The lowest BCUT2D eigenvalue weighted by atomic mass is 10.1. The molecule has 6 nitrogen and oxygen atoms in total. The second kappa shape index (κ2) is 5.46. The summed E-state index contributed by atoms with van der Waals surface area (Å²) in [6, 6.07) is 0.236. The van der Waals surface area contributed by atoms with Gasteiger partial charge in [-0.15, -0.1) is 0 Å². The maximum absolute atomic E-state index is 5.82. The molecule has 1 unspecified atom stereocenters.